The molecule has 4 rings (SSSR count). The van der Waals surface area contributed by atoms with Crippen molar-refractivity contribution in [2.45, 2.75) is 17.7 Å². The number of piperidine rings is 1. The van der Waals surface area contributed by atoms with Crippen LogP contribution in [0.1, 0.15) is 12.8 Å². The fourth-order valence-corrected chi connectivity index (χ4v) is 5.84. The van der Waals surface area contributed by atoms with Crippen LogP contribution in [0.3, 0.4) is 0 Å². The van der Waals surface area contributed by atoms with Gasteiger partial charge in [0.25, 0.3) is 0 Å². The summed E-state index contributed by atoms with van der Waals surface area (Å²) in [4.78, 5) is 5.31. The lowest BCUT2D eigenvalue weighted by Crippen LogP contribution is -2.49. The number of hydrogen-bond donors (Lipinski definition) is 1. The minimum absolute atomic E-state index is 0.399. The van der Waals surface area contributed by atoms with Gasteiger partial charge in [0, 0.05) is 57.2 Å². The molecule has 2 aromatic rings. The Hall–Kier alpha value is -2.09. The van der Waals surface area contributed by atoms with Gasteiger partial charge in [0.2, 0.25) is 10.0 Å². The van der Waals surface area contributed by atoms with E-state index in [1.54, 1.807) is 28.6 Å². The lowest BCUT2D eigenvalue weighted by atomic mass is 9.97. The van der Waals surface area contributed by atoms with Crippen molar-refractivity contribution >= 4 is 21.4 Å². The van der Waals surface area contributed by atoms with Crippen LogP contribution in [0.2, 0.25) is 0 Å². The number of nitrogens with two attached hydrogens (primary N) is 1. The molecule has 6 nitrogen and oxygen atoms in total. The third-order valence-corrected chi connectivity index (χ3v) is 7.99. The van der Waals surface area contributed by atoms with Crippen LogP contribution in [-0.2, 0) is 10.0 Å². The molecule has 2 fully saturated rings. The minimum atomic E-state index is -3.36. The Balaban J connectivity index is 1.26. The molecule has 2 saturated heterocycles. The van der Waals surface area contributed by atoms with Crippen LogP contribution < -0.4 is 10.6 Å². The Morgan fingerprint density at radius 1 is 0.862 bits per heavy atom. The van der Waals surface area contributed by atoms with E-state index in [0.29, 0.717) is 23.9 Å². The summed E-state index contributed by atoms with van der Waals surface area (Å²) < 4.78 is 27.2. The van der Waals surface area contributed by atoms with E-state index >= 15 is 0 Å². The molecule has 2 aromatic carbocycles. The normalized spacial score (nSPS) is 20.1. The number of sulfonamides is 1. The van der Waals surface area contributed by atoms with Crippen molar-refractivity contribution in [1.29, 1.82) is 0 Å². The SMILES string of the molecule is Nc1cccc(N2CCN(CC3CCN(S(=O)(=O)c4ccccc4)CC3)CC2)c1. The summed E-state index contributed by atoms with van der Waals surface area (Å²) in [5.74, 6) is 0.566. The van der Waals surface area contributed by atoms with Crippen LogP contribution in [-0.4, -0.2) is 63.4 Å². The van der Waals surface area contributed by atoms with Crippen LogP contribution in [0, 0.1) is 5.92 Å². The van der Waals surface area contributed by atoms with Gasteiger partial charge in [0.05, 0.1) is 4.90 Å². The second-order valence-corrected chi connectivity index (χ2v) is 9.98. The molecule has 0 radical (unpaired) electrons. The van der Waals surface area contributed by atoms with Crippen molar-refractivity contribution in [3.63, 3.8) is 0 Å². The summed E-state index contributed by atoms with van der Waals surface area (Å²) in [6.07, 6.45) is 1.86. The van der Waals surface area contributed by atoms with Crippen LogP contribution in [0.4, 0.5) is 11.4 Å². The number of benzene rings is 2. The van der Waals surface area contributed by atoms with Gasteiger partial charge in [0.15, 0.2) is 0 Å². The number of nitrogens with zero attached hydrogens (tertiary/aromatic N) is 3. The Labute approximate surface area is 174 Å². The first-order chi connectivity index (χ1) is 14.0. The van der Waals surface area contributed by atoms with Crippen molar-refractivity contribution < 1.29 is 8.42 Å². The summed E-state index contributed by atoms with van der Waals surface area (Å²) in [7, 11) is -3.36. The number of hydrogen-bond acceptors (Lipinski definition) is 5. The molecule has 2 aliphatic rings. The monoisotopic (exact) mass is 414 g/mol. The molecule has 2 aliphatic heterocycles. The maximum Gasteiger partial charge on any atom is 0.243 e. The number of nitrogen functional groups attached to an aromatic ring is 1. The van der Waals surface area contributed by atoms with Gasteiger partial charge >= 0.3 is 0 Å². The molecule has 7 heteroatoms. The number of piperazine rings is 1. The Kier molecular flexibility index (Phi) is 6.08. The van der Waals surface area contributed by atoms with E-state index in [-0.39, 0.29) is 0 Å². The molecule has 156 valence electrons. The Morgan fingerprint density at radius 3 is 2.21 bits per heavy atom. The van der Waals surface area contributed by atoms with Gasteiger partial charge in [-0.2, -0.15) is 4.31 Å². The van der Waals surface area contributed by atoms with E-state index in [9.17, 15) is 8.42 Å². The molecule has 0 amide bonds. The third-order valence-electron chi connectivity index (χ3n) is 6.08. The smallest absolute Gasteiger partial charge is 0.243 e. The first kappa shape index (κ1) is 20.2. The van der Waals surface area contributed by atoms with Crippen LogP contribution in [0.25, 0.3) is 0 Å². The molecule has 0 atom stereocenters. The second kappa shape index (κ2) is 8.73. The van der Waals surface area contributed by atoms with E-state index in [1.165, 1.54) is 5.69 Å². The van der Waals surface area contributed by atoms with Gasteiger partial charge in [-0.05, 0) is 49.1 Å². The zero-order valence-corrected chi connectivity index (χ0v) is 17.6. The van der Waals surface area contributed by atoms with E-state index in [1.807, 2.05) is 24.3 Å². The van der Waals surface area contributed by atoms with Crippen molar-refractivity contribution in [2.75, 3.05) is 56.4 Å². The zero-order valence-electron chi connectivity index (χ0n) is 16.8. The zero-order chi connectivity index (χ0) is 20.3. The topological polar surface area (TPSA) is 69.9 Å². The minimum Gasteiger partial charge on any atom is -0.399 e. The van der Waals surface area contributed by atoms with Crippen LogP contribution in [0.5, 0.6) is 0 Å². The molecular weight excluding hydrogens is 384 g/mol. The highest BCUT2D eigenvalue weighted by Crippen LogP contribution is 2.25. The summed E-state index contributed by atoms with van der Waals surface area (Å²) >= 11 is 0. The largest absolute Gasteiger partial charge is 0.399 e. The first-order valence-corrected chi connectivity index (χ1v) is 11.8. The molecule has 29 heavy (non-hydrogen) atoms. The standard InChI is InChI=1S/C22H30N4O2S/c23-20-5-4-6-21(17-20)25-15-13-24(14-16-25)18-19-9-11-26(12-10-19)29(27,28)22-7-2-1-3-8-22/h1-8,17,19H,9-16,18,23H2. The van der Waals surface area contributed by atoms with Gasteiger partial charge in [-0.1, -0.05) is 24.3 Å². The molecular formula is C22H30N4O2S. The molecule has 0 aliphatic carbocycles. The van der Waals surface area contributed by atoms with Gasteiger partial charge in [0.1, 0.15) is 0 Å². The second-order valence-electron chi connectivity index (χ2n) is 8.04. The molecule has 0 spiro atoms. The lowest BCUT2D eigenvalue weighted by molar-refractivity contribution is 0.176. The van der Waals surface area contributed by atoms with Gasteiger partial charge in [-0.25, -0.2) is 8.42 Å². The van der Waals surface area contributed by atoms with Gasteiger partial charge < -0.3 is 10.6 Å². The molecule has 2 heterocycles. The van der Waals surface area contributed by atoms with Crippen LogP contribution in [0.15, 0.2) is 59.5 Å². The highest BCUT2D eigenvalue weighted by atomic mass is 32.2. The van der Waals surface area contributed by atoms with Gasteiger partial charge in [-0.3, -0.25) is 4.90 Å². The molecule has 0 saturated carbocycles. The Bertz CT molecular complexity index is 903. The van der Waals surface area contributed by atoms with Gasteiger partial charge in [-0.15, -0.1) is 0 Å². The highest BCUT2D eigenvalue weighted by Gasteiger charge is 2.30. The first-order valence-electron chi connectivity index (χ1n) is 10.4. The molecule has 0 unspecified atom stereocenters. The third kappa shape index (κ3) is 4.74. The highest BCUT2D eigenvalue weighted by molar-refractivity contribution is 7.89. The van der Waals surface area contributed by atoms with E-state index in [2.05, 4.69) is 15.9 Å². The summed E-state index contributed by atoms with van der Waals surface area (Å²) in [6, 6.07) is 16.9. The van der Waals surface area contributed by atoms with Crippen molar-refractivity contribution in [3.05, 3.63) is 54.6 Å². The number of rotatable bonds is 5. The number of anilines is 2. The quantitative estimate of drug-likeness (QED) is 0.762. The van der Waals surface area contributed by atoms with Crippen LogP contribution >= 0.6 is 0 Å². The maximum atomic E-state index is 12.8. The molecule has 2 N–H and O–H groups in total. The molecule has 0 aromatic heterocycles. The summed E-state index contributed by atoms with van der Waals surface area (Å²) in [5, 5.41) is 0. The van der Waals surface area contributed by atoms with Crippen molar-refractivity contribution in [3.8, 4) is 0 Å². The summed E-state index contributed by atoms with van der Waals surface area (Å²) in [6.45, 7) is 6.38. The average Bonchev–Trinajstić information content (AvgIpc) is 2.75. The van der Waals surface area contributed by atoms with E-state index in [0.717, 1.165) is 51.3 Å². The molecule has 0 bridgehead atoms. The maximum absolute atomic E-state index is 12.8. The Morgan fingerprint density at radius 2 is 1.55 bits per heavy atom. The predicted octanol–water partition coefficient (Wildman–Crippen LogP) is 2.49. The lowest BCUT2D eigenvalue weighted by Gasteiger charge is -2.39. The van der Waals surface area contributed by atoms with E-state index < -0.39 is 10.0 Å². The summed E-state index contributed by atoms with van der Waals surface area (Å²) in [5.41, 5.74) is 7.92. The predicted molar refractivity (Wildman–Crippen MR) is 117 cm³/mol. The van der Waals surface area contributed by atoms with Crippen molar-refractivity contribution in [2.24, 2.45) is 5.92 Å². The fourth-order valence-electron chi connectivity index (χ4n) is 4.35. The average molecular weight is 415 g/mol. The fraction of sp³-hybridized carbons (Fsp3) is 0.455. The van der Waals surface area contributed by atoms with Crippen molar-refractivity contribution in [1.82, 2.24) is 9.21 Å². The van der Waals surface area contributed by atoms with E-state index in [4.69, 9.17) is 5.73 Å².